The van der Waals surface area contributed by atoms with Gasteiger partial charge in [0.15, 0.2) is 0 Å². The maximum Gasteiger partial charge on any atom is 0.338 e. The number of benzene rings is 1. The lowest BCUT2D eigenvalue weighted by atomic mass is 9.95. The normalized spacial score (nSPS) is 16.8. The second-order valence-corrected chi connectivity index (χ2v) is 6.09. The van der Waals surface area contributed by atoms with Crippen molar-refractivity contribution in [1.82, 2.24) is 14.8 Å². The van der Waals surface area contributed by atoms with Crippen molar-refractivity contribution in [3.8, 4) is 0 Å². The highest BCUT2D eigenvalue weighted by Crippen LogP contribution is 2.39. The standard InChI is InChI=1S/C16H16ClFN4O2/c1-8(2)24-15(23)12-9(3)21-16-19-7-20-22(16)14(12)13-10(17)5-4-6-11(13)18/h4-8,14H,1-3H3,(H,19,20,21). The highest BCUT2D eigenvalue weighted by Gasteiger charge is 2.37. The second-order valence-electron chi connectivity index (χ2n) is 5.68. The predicted octanol–water partition coefficient (Wildman–Crippen LogP) is 3.31. The number of hydrogen-bond donors (Lipinski definition) is 1. The number of fused-ring (bicyclic) bond motifs is 1. The van der Waals surface area contributed by atoms with Gasteiger partial charge in [0.05, 0.1) is 11.7 Å². The van der Waals surface area contributed by atoms with Gasteiger partial charge in [0.1, 0.15) is 18.2 Å². The van der Waals surface area contributed by atoms with Crippen LogP contribution in [0.3, 0.4) is 0 Å². The lowest BCUT2D eigenvalue weighted by Gasteiger charge is -2.29. The fourth-order valence-corrected chi connectivity index (χ4v) is 2.94. The van der Waals surface area contributed by atoms with Crippen LogP contribution < -0.4 is 5.32 Å². The molecule has 24 heavy (non-hydrogen) atoms. The van der Waals surface area contributed by atoms with Crippen molar-refractivity contribution in [1.29, 1.82) is 0 Å². The predicted molar refractivity (Wildman–Crippen MR) is 87.1 cm³/mol. The molecule has 0 radical (unpaired) electrons. The van der Waals surface area contributed by atoms with E-state index in [-0.39, 0.29) is 22.3 Å². The third-order valence-corrected chi connectivity index (χ3v) is 3.96. The number of nitrogens with zero attached hydrogens (tertiary/aromatic N) is 3. The highest BCUT2D eigenvalue weighted by molar-refractivity contribution is 6.31. The van der Waals surface area contributed by atoms with Crippen molar-refractivity contribution in [3.05, 3.63) is 52.2 Å². The molecular weight excluding hydrogens is 335 g/mol. The summed E-state index contributed by atoms with van der Waals surface area (Å²) in [4.78, 5) is 16.7. The fourth-order valence-electron chi connectivity index (χ4n) is 2.67. The van der Waals surface area contributed by atoms with Gasteiger partial charge >= 0.3 is 5.97 Å². The summed E-state index contributed by atoms with van der Waals surface area (Å²) in [6.45, 7) is 5.20. The molecule has 126 valence electrons. The minimum atomic E-state index is -0.858. The van der Waals surface area contributed by atoms with E-state index in [1.54, 1.807) is 26.8 Å². The number of anilines is 1. The summed E-state index contributed by atoms with van der Waals surface area (Å²) in [6, 6.07) is 3.51. The molecule has 1 aliphatic heterocycles. The molecule has 0 aliphatic carbocycles. The highest BCUT2D eigenvalue weighted by atomic mass is 35.5. The van der Waals surface area contributed by atoms with Crippen molar-refractivity contribution >= 4 is 23.5 Å². The first kappa shape index (κ1) is 16.4. The lowest BCUT2D eigenvalue weighted by molar-refractivity contribution is -0.143. The van der Waals surface area contributed by atoms with Crippen LogP contribution in [-0.2, 0) is 9.53 Å². The van der Waals surface area contributed by atoms with Crippen molar-refractivity contribution < 1.29 is 13.9 Å². The molecule has 1 N–H and O–H groups in total. The van der Waals surface area contributed by atoms with E-state index in [9.17, 15) is 9.18 Å². The average Bonchev–Trinajstić information content (AvgIpc) is 2.93. The van der Waals surface area contributed by atoms with Crippen molar-refractivity contribution in [2.45, 2.75) is 32.9 Å². The number of esters is 1. The van der Waals surface area contributed by atoms with Crippen LogP contribution in [0.2, 0.25) is 5.02 Å². The SMILES string of the molecule is CC1=C(C(=O)OC(C)C)C(c2c(F)cccc2Cl)n2ncnc2N1. The summed E-state index contributed by atoms with van der Waals surface area (Å²) in [7, 11) is 0. The number of allylic oxidation sites excluding steroid dienone is 1. The van der Waals surface area contributed by atoms with E-state index in [0.29, 0.717) is 11.6 Å². The van der Waals surface area contributed by atoms with Crippen molar-refractivity contribution in [3.63, 3.8) is 0 Å². The van der Waals surface area contributed by atoms with Gasteiger partial charge in [-0.3, -0.25) is 0 Å². The van der Waals surface area contributed by atoms with E-state index in [4.69, 9.17) is 16.3 Å². The van der Waals surface area contributed by atoms with Crippen LogP contribution in [0.15, 0.2) is 35.8 Å². The Hall–Kier alpha value is -2.41. The molecule has 1 atom stereocenters. The summed E-state index contributed by atoms with van der Waals surface area (Å²) in [5.41, 5.74) is 0.918. The number of ether oxygens (including phenoxy) is 1. The van der Waals surface area contributed by atoms with Gasteiger partial charge in [0.2, 0.25) is 5.95 Å². The molecule has 0 spiro atoms. The number of aromatic nitrogens is 3. The molecule has 0 saturated carbocycles. The Morgan fingerprint density at radius 1 is 1.46 bits per heavy atom. The third-order valence-electron chi connectivity index (χ3n) is 3.63. The van der Waals surface area contributed by atoms with Crippen LogP contribution in [0.25, 0.3) is 0 Å². The van der Waals surface area contributed by atoms with E-state index >= 15 is 0 Å². The van der Waals surface area contributed by atoms with E-state index in [1.807, 2.05) is 0 Å². The van der Waals surface area contributed by atoms with Gasteiger partial charge in [-0.1, -0.05) is 17.7 Å². The van der Waals surface area contributed by atoms with Crippen LogP contribution in [0.4, 0.5) is 10.3 Å². The number of carbonyl (C=O) groups excluding carboxylic acids is 1. The Kier molecular flexibility index (Phi) is 4.28. The summed E-state index contributed by atoms with van der Waals surface area (Å²) in [5.74, 6) is -0.683. The number of nitrogens with one attached hydrogen (secondary N) is 1. The molecule has 1 aromatic carbocycles. The molecule has 6 nitrogen and oxygen atoms in total. The summed E-state index contributed by atoms with van der Waals surface area (Å²) < 4.78 is 21.3. The molecule has 1 unspecified atom stereocenters. The zero-order valence-electron chi connectivity index (χ0n) is 13.4. The molecule has 2 aromatic rings. The van der Waals surface area contributed by atoms with Crippen LogP contribution in [0.1, 0.15) is 32.4 Å². The van der Waals surface area contributed by atoms with Crippen molar-refractivity contribution in [2.75, 3.05) is 5.32 Å². The van der Waals surface area contributed by atoms with Gasteiger partial charge < -0.3 is 10.1 Å². The maximum atomic E-state index is 14.5. The van der Waals surface area contributed by atoms with Gasteiger partial charge in [-0.25, -0.2) is 13.9 Å². The van der Waals surface area contributed by atoms with Crippen LogP contribution in [0, 0.1) is 5.82 Å². The smallest absolute Gasteiger partial charge is 0.338 e. The quantitative estimate of drug-likeness (QED) is 0.860. The first-order valence-electron chi connectivity index (χ1n) is 7.42. The third kappa shape index (κ3) is 2.75. The summed E-state index contributed by atoms with van der Waals surface area (Å²) in [6.07, 6.45) is 1.01. The topological polar surface area (TPSA) is 69.0 Å². The average molecular weight is 351 g/mol. The number of carbonyl (C=O) groups is 1. The van der Waals surface area contributed by atoms with E-state index in [2.05, 4.69) is 15.4 Å². The first-order chi connectivity index (χ1) is 11.4. The Bertz CT molecular complexity index is 811. The molecule has 1 aliphatic rings. The van der Waals surface area contributed by atoms with Crippen molar-refractivity contribution in [2.24, 2.45) is 0 Å². The molecule has 0 saturated heterocycles. The Morgan fingerprint density at radius 2 is 2.21 bits per heavy atom. The van der Waals surface area contributed by atoms with E-state index in [1.165, 1.54) is 23.1 Å². The van der Waals surface area contributed by atoms with Crippen LogP contribution in [0.5, 0.6) is 0 Å². The minimum absolute atomic E-state index is 0.155. The minimum Gasteiger partial charge on any atom is -0.459 e. The van der Waals surface area contributed by atoms with Gasteiger partial charge in [0, 0.05) is 16.3 Å². The van der Waals surface area contributed by atoms with E-state index < -0.39 is 17.8 Å². The number of halogens is 2. The van der Waals surface area contributed by atoms with Gasteiger partial charge in [-0.2, -0.15) is 10.1 Å². The number of rotatable bonds is 3. The molecule has 0 fully saturated rings. The van der Waals surface area contributed by atoms with Gasteiger partial charge in [0.25, 0.3) is 0 Å². The largest absolute Gasteiger partial charge is 0.459 e. The monoisotopic (exact) mass is 350 g/mol. The molecule has 0 amide bonds. The summed E-state index contributed by atoms with van der Waals surface area (Å²) in [5, 5.41) is 7.30. The molecule has 8 heteroatoms. The molecular formula is C16H16ClFN4O2. The second kappa shape index (κ2) is 6.24. The molecule has 2 heterocycles. The fraction of sp³-hybridized carbons (Fsp3) is 0.312. The zero-order valence-corrected chi connectivity index (χ0v) is 14.1. The molecule has 0 bridgehead atoms. The first-order valence-corrected chi connectivity index (χ1v) is 7.80. The van der Waals surface area contributed by atoms with Crippen LogP contribution >= 0.6 is 11.6 Å². The van der Waals surface area contributed by atoms with Crippen LogP contribution in [-0.4, -0.2) is 26.8 Å². The number of hydrogen-bond acceptors (Lipinski definition) is 5. The van der Waals surface area contributed by atoms with Gasteiger partial charge in [-0.05, 0) is 32.9 Å². The zero-order chi connectivity index (χ0) is 17.4. The maximum absolute atomic E-state index is 14.5. The summed E-state index contributed by atoms with van der Waals surface area (Å²) >= 11 is 6.22. The molecule has 1 aromatic heterocycles. The molecule has 3 rings (SSSR count). The lowest BCUT2D eigenvalue weighted by Crippen LogP contribution is -2.31. The van der Waals surface area contributed by atoms with Gasteiger partial charge in [-0.15, -0.1) is 0 Å². The Morgan fingerprint density at radius 3 is 2.88 bits per heavy atom. The Balaban J connectivity index is 2.20. The van der Waals surface area contributed by atoms with E-state index in [0.717, 1.165) is 0 Å². The Labute approximate surface area is 143 Å².